The van der Waals surface area contributed by atoms with Crippen molar-refractivity contribution < 1.29 is 0 Å². The highest BCUT2D eigenvalue weighted by Crippen LogP contribution is 2.09. The largest absolute Gasteiger partial charge is 0.0834 e. The second-order valence-corrected chi connectivity index (χ2v) is 2.97. The number of hydrogen-bond acceptors (Lipinski definition) is 0. The van der Waals surface area contributed by atoms with Gasteiger partial charge in [-0.15, -0.1) is 0 Å². The molecule has 0 aromatic heterocycles. The van der Waals surface area contributed by atoms with Crippen LogP contribution in [0.4, 0.5) is 0 Å². The number of alkyl halides is 1. The Hall–Kier alpha value is 0.210. The lowest BCUT2D eigenvalue weighted by Crippen LogP contribution is -1.87. The molecule has 0 heterocycles. The van der Waals surface area contributed by atoms with Gasteiger partial charge in [0.15, 0.2) is 0 Å². The molecule has 0 amide bonds. The van der Waals surface area contributed by atoms with Gasteiger partial charge in [-0.2, -0.15) is 0 Å². The third-order valence-corrected chi connectivity index (χ3v) is 1.74. The van der Waals surface area contributed by atoms with E-state index >= 15 is 0 Å². The van der Waals surface area contributed by atoms with E-state index in [1.165, 1.54) is 0 Å². The van der Waals surface area contributed by atoms with Crippen molar-refractivity contribution in [1.82, 2.24) is 0 Å². The maximum atomic E-state index is 2.38. The molecule has 0 radical (unpaired) electrons. The molecule has 1 rings (SSSR count). The Morgan fingerprint density at radius 1 is 1.29 bits per heavy atom. The van der Waals surface area contributed by atoms with Crippen molar-refractivity contribution in [3.63, 3.8) is 0 Å². The van der Waals surface area contributed by atoms with Crippen LogP contribution in [0.15, 0.2) is 24.3 Å². The predicted octanol–water partition coefficient (Wildman–Crippen LogP) is 2.31. The van der Waals surface area contributed by atoms with E-state index in [0.29, 0.717) is 3.92 Å². The van der Waals surface area contributed by atoms with Gasteiger partial charge in [0, 0.05) is 3.92 Å². The van der Waals surface area contributed by atoms with Crippen LogP contribution in [0, 0.1) is 0 Å². The smallest absolute Gasteiger partial charge is 0.0469 e. The van der Waals surface area contributed by atoms with E-state index in [2.05, 4.69) is 46.9 Å². The van der Waals surface area contributed by atoms with Gasteiger partial charge in [-0.05, 0) is 6.42 Å². The summed E-state index contributed by atoms with van der Waals surface area (Å²) in [5.41, 5.74) is 0. The molecule has 0 unspecified atom stereocenters. The molecular weight excluding hydrogens is 199 g/mol. The molecule has 0 nitrogen and oxygen atoms in total. The Morgan fingerprint density at radius 3 is 2.14 bits per heavy atom. The monoisotopic (exact) mass is 206 g/mol. The molecule has 1 aliphatic rings. The molecule has 0 aromatic rings. The minimum Gasteiger partial charge on any atom is -0.0834 e. The third-order valence-electron chi connectivity index (χ3n) is 0.912. The van der Waals surface area contributed by atoms with Crippen molar-refractivity contribution in [3.05, 3.63) is 24.3 Å². The van der Waals surface area contributed by atoms with Gasteiger partial charge in [-0.1, -0.05) is 46.9 Å². The maximum absolute atomic E-state index is 2.38. The molecule has 0 saturated heterocycles. The topological polar surface area (TPSA) is 0 Å². The van der Waals surface area contributed by atoms with E-state index in [-0.39, 0.29) is 0 Å². The SMILES string of the molecule is IC1C=CCC=C1. The van der Waals surface area contributed by atoms with Crippen molar-refractivity contribution in [1.29, 1.82) is 0 Å². The molecule has 0 aromatic carbocycles. The van der Waals surface area contributed by atoms with Gasteiger partial charge in [-0.25, -0.2) is 0 Å². The average Bonchev–Trinajstić information content (AvgIpc) is 1.69. The van der Waals surface area contributed by atoms with Crippen LogP contribution in [0.1, 0.15) is 6.42 Å². The summed E-state index contributed by atoms with van der Waals surface area (Å²) in [6, 6.07) is 0. The summed E-state index contributed by atoms with van der Waals surface area (Å²) in [5, 5.41) is 0. The fraction of sp³-hybridized carbons (Fsp3) is 0.333. The molecule has 1 aliphatic carbocycles. The van der Waals surface area contributed by atoms with E-state index in [4.69, 9.17) is 0 Å². The number of rotatable bonds is 0. The zero-order valence-electron chi connectivity index (χ0n) is 3.97. The maximum Gasteiger partial charge on any atom is 0.0469 e. The lowest BCUT2D eigenvalue weighted by molar-refractivity contribution is 1.27. The molecule has 0 atom stereocenters. The van der Waals surface area contributed by atoms with Gasteiger partial charge >= 0.3 is 0 Å². The first kappa shape index (κ1) is 5.35. The summed E-state index contributed by atoms with van der Waals surface area (Å²) < 4.78 is 0.645. The Morgan fingerprint density at radius 2 is 1.86 bits per heavy atom. The summed E-state index contributed by atoms with van der Waals surface area (Å²) in [7, 11) is 0. The average molecular weight is 206 g/mol. The van der Waals surface area contributed by atoms with Gasteiger partial charge in [0.05, 0.1) is 0 Å². The number of halogens is 1. The molecule has 0 aliphatic heterocycles. The van der Waals surface area contributed by atoms with Crippen LogP contribution in [0.25, 0.3) is 0 Å². The molecule has 0 spiro atoms. The van der Waals surface area contributed by atoms with E-state index in [1.807, 2.05) is 0 Å². The Labute approximate surface area is 57.4 Å². The quantitative estimate of drug-likeness (QED) is 0.324. The molecule has 0 N–H and O–H groups in total. The van der Waals surface area contributed by atoms with E-state index in [0.717, 1.165) is 6.42 Å². The zero-order valence-corrected chi connectivity index (χ0v) is 6.13. The third kappa shape index (κ3) is 1.63. The van der Waals surface area contributed by atoms with Crippen LogP contribution < -0.4 is 0 Å². The number of allylic oxidation sites excluding steroid dienone is 4. The first-order valence-corrected chi connectivity index (χ1v) is 3.61. The van der Waals surface area contributed by atoms with Gasteiger partial charge in [0.1, 0.15) is 0 Å². The zero-order chi connectivity index (χ0) is 5.11. The van der Waals surface area contributed by atoms with Gasteiger partial charge < -0.3 is 0 Å². The first-order chi connectivity index (χ1) is 3.39. The second kappa shape index (κ2) is 2.50. The van der Waals surface area contributed by atoms with Crippen molar-refractivity contribution in [2.24, 2.45) is 0 Å². The highest BCUT2D eigenvalue weighted by molar-refractivity contribution is 14.1. The standard InChI is InChI=1S/C6H7I/c7-6-4-2-1-3-5-6/h2-6H,1H2. The van der Waals surface area contributed by atoms with E-state index in [9.17, 15) is 0 Å². The molecule has 7 heavy (non-hydrogen) atoms. The van der Waals surface area contributed by atoms with Crippen LogP contribution in [0.5, 0.6) is 0 Å². The predicted molar refractivity (Wildman–Crippen MR) is 40.7 cm³/mol. The minimum absolute atomic E-state index is 0.645. The second-order valence-electron chi connectivity index (χ2n) is 1.54. The lowest BCUT2D eigenvalue weighted by Gasteiger charge is -1.98. The van der Waals surface area contributed by atoms with Crippen molar-refractivity contribution >= 4 is 22.6 Å². The molecule has 0 bridgehead atoms. The molecule has 1 heteroatoms. The summed E-state index contributed by atoms with van der Waals surface area (Å²) >= 11 is 2.38. The highest BCUT2D eigenvalue weighted by Gasteiger charge is 1.92. The summed E-state index contributed by atoms with van der Waals surface area (Å²) in [6.45, 7) is 0. The van der Waals surface area contributed by atoms with Crippen LogP contribution >= 0.6 is 22.6 Å². The summed E-state index contributed by atoms with van der Waals surface area (Å²) in [6.07, 6.45) is 9.93. The van der Waals surface area contributed by atoms with Crippen LogP contribution in [-0.4, -0.2) is 3.92 Å². The Balaban J connectivity index is 2.49. The normalized spacial score (nSPS) is 20.7. The van der Waals surface area contributed by atoms with Crippen LogP contribution in [0.3, 0.4) is 0 Å². The fourth-order valence-corrected chi connectivity index (χ4v) is 1.15. The molecule has 0 fully saturated rings. The Bertz CT molecular complexity index is 90.7. The Kier molecular flexibility index (Phi) is 1.91. The number of hydrogen-bond donors (Lipinski definition) is 0. The van der Waals surface area contributed by atoms with Crippen molar-refractivity contribution in [3.8, 4) is 0 Å². The molecule has 38 valence electrons. The first-order valence-electron chi connectivity index (χ1n) is 2.37. The minimum atomic E-state index is 0.645. The van der Waals surface area contributed by atoms with E-state index < -0.39 is 0 Å². The van der Waals surface area contributed by atoms with Gasteiger partial charge in [0.25, 0.3) is 0 Å². The molecule has 0 saturated carbocycles. The van der Waals surface area contributed by atoms with E-state index in [1.54, 1.807) is 0 Å². The van der Waals surface area contributed by atoms with Crippen LogP contribution in [-0.2, 0) is 0 Å². The van der Waals surface area contributed by atoms with Gasteiger partial charge in [-0.3, -0.25) is 0 Å². The summed E-state index contributed by atoms with van der Waals surface area (Å²) in [5.74, 6) is 0. The summed E-state index contributed by atoms with van der Waals surface area (Å²) in [4.78, 5) is 0. The van der Waals surface area contributed by atoms with Crippen molar-refractivity contribution in [2.45, 2.75) is 10.3 Å². The molecular formula is C6H7I. The van der Waals surface area contributed by atoms with Crippen molar-refractivity contribution in [2.75, 3.05) is 0 Å². The lowest BCUT2D eigenvalue weighted by atomic mass is 10.2. The van der Waals surface area contributed by atoms with Gasteiger partial charge in [0.2, 0.25) is 0 Å². The fourth-order valence-electron chi connectivity index (χ4n) is 0.560. The van der Waals surface area contributed by atoms with Crippen LogP contribution in [0.2, 0.25) is 0 Å². The highest BCUT2D eigenvalue weighted by atomic mass is 127.